The molecule has 0 aliphatic heterocycles. The highest BCUT2D eigenvalue weighted by Gasteiger charge is 2.19. The van der Waals surface area contributed by atoms with E-state index in [1.54, 1.807) is 12.1 Å². The van der Waals surface area contributed by atoms with E-state index in [-0.39, 0.29) is 11.6 Å². The summed E-state index contributed by atoms with van der Waals surface area (Å²) in [5.41, 5.74) is 6.74. The van der Waals surface area contributed by atoms with Gasteiger partial charge < -0.3 is 11.1 Å². The van der Waals surface area contributed by atoms with E-state index in [0.717, 1.165) is 18.4 Å². The molecular formula is C15H22F2N2. The lowest BCUT2D eigenvalue weighted by Gasteiger charge is -2.28. The van der Waals surface area contributed by atoms with Crippen molar-refractivity contribution in [1.82, 2.24) is 5.32 Å². The number of rotatable bonds is 5. The zero-order chi connectivity index (χ0) is 13.7. The maximum Gasteiger partial charge on any atom is 0.263 e. The lowest BCUT2D eigenvalue weighted by atomic mass is 9.93. The predicted molar refractivity (Wildman–Crippen MR) is 73.2 cm³/mol. The molecule has 106 valence electrons. The number of nitrogens with one attached hydrogen (secondary N) is 1. The van der Waals surface area contributed by atoms with Crippen molar-refractivity contribution >= 4 is 0 Å². The second-order valence-corrected chi connectivity index (χ2v) is 5.26. The van der Waals surface area contributed by atoms with E-state index < -0.39 is 6.43 Å². The van der Waals surface area contributed by atoms with Gasteiger partial charge in [-0.2, -0.15) is 0 Å². The molecule has 1 atom stereocenters. The zero-order valence-corrected chi connectivity index (χ0v) is 11.1. The summed E-state index contributed by atoms with van der Waals surface area (Å²) in [5, 5.41) is 3.52. The monoisotopic (exact) mass is 268 g/mol. The first-order valence-electron chi connectivity index (χ1n) is 7.05. The molecule has 0 radical (unpaired) electrons. The highest BCUT2D eigenvalue weighted by atomic mass is 19.3. The molecule has 0 spiro atoms. The predicted octanol–water partition coefficient (Wildman–Crippen LogP) is 3.55. The van der Waals surface area contributed by atoms with Crippen molar-refractivity contribution in [3.05, 3.63) is 35.4 Å². The van der Waals surface area contributed by atoms with Gasteiger partial charge in [-0.25, -0.2) is 8.78 Å². The van der Waals surface area contributed by atoms with Crippen LogP contribution >= 0.6 is 0 Å². The van der Waals surface area contributed by atoms with Crippen molar-refractivity contribution in [3.8, 4) is 0 Å². The fraction of sp³-hybridized carbons (Fsp3) is 0.600. The van der Waals surface area contributed by atoms with Gasteiger partial charge in [0.1, 0.15) is 0 Å². The minimum absolute atomic E-state index is 0.0261. The summed E-state index contributed by atoms with van der Waals surface area (Å²) in [6, 6.07) is 7.03. The average molecular weight is 268 g/mol. The topological polar surface area (TPSA) is 38.0 Å². The molecule has 1 fully saturated rings. The number of benzene rings is 1. The molecule has 0 saturated heterocycles. The molecule has 0 aromatic heterocycles. The maximum absolute atomic E-state index is 12.7. The maximum atomic E-state index is 12.7. The lowest BCUT2D eigenvalue weighted by Crippen LogP contribution is -2.37. The standard InChI is InChI=1S/C15H22F2N2/c16-15(17)12-6-4-5-11(9-12)14(10-18)19-13-7-2-1-3-8-13/h4-6,9,13-15,19H,1-3,7-8,10,18H2. The van der Waals surface area contributed by atoms with Gasteiger partial charge in [0.05, 0.1) is 0 Å². The minimum Gasteiger partial charge on any atom is -0.329 e. The molecule has 0 amide bonds. The van der Waals surface area contributed by atoms with Crippen molar-refractivity contribution in [2.75, 3.05) is 6.54 Å². The summed E-state index contributed by atoms with van der Waals surface area (Å²) in [6.07, 6.45) is 3.67. The van der Waals surface area contributed by atoms with E-state index in [0.29, 0.717) is 12.6 Å². The van der Waals surface area contributed by atoms with Crippen LogP contribution in [0.15, 0.2) is 24.3 Å². The average Bonchev–Trinajstić information content (AvgIpc) is 2.46. The van der Waals surface area contributed by atoms with E-state index >= 15 is 0 Å². The molecule has 1 unspecified atom stereocenters. The van der Waals surface area contributed by atoms with Crippen LogP contribution in [0.2, 0.25) is 0 Å². The Labute approximate surface area is 113 Å². The van der Waals surface area contributed by atoms with Crippen LogP contribution in [0, 0.1) is 0 Å². The Kier molecular flexibility index (Phi) is 5.28. The van der Waals surface area contributed by atoms with Gasteiger partial charge in [0.25, 0.3) is 6.43 Å². The van der Waals surface area contributed by atoms with Crippen LogP contribution in [0.5, 0.6) is 0 Å². The van der Waals surface area contributed by atoms with Crippen LogP contribution in [0.3, 0.4) is 0 Å². The summed E-state index contributed by atoms with van der Waals surface area (Å²) in [6.45, 7) is 0.434. The third-order valence-corrected chi connectivity index (χ3v) is 3.84. The van der Waals surface area contributed by atoms with Crippen LogP contribution in [0.25, 0.3) is 0 Å². The van der Waals surface area contributed by atoms with E-state index in [2.05, 4.69) is 5.32 Å². The molecule has 4 heteroatoms. The Hall–Kier alpha value is -1.00. The molecule has 1 aromatic rings. The van der Waals surface area contributed by atoms with E-state index in [4.69, 9.17) is 5.73 Å². The largest absolute Gasteiger partial charge is 0.329 e. The normalized spacial score (nSPS) is 18.7. The Bertz CT molecular complexity index is 389. The van der Waals surface area contributed by atoms with Gasteiger partial charge in [-0.15, -0.1) is 0 Å². The first-order chi connectivity index (χ1) is 9.20. The minimum atomic E-state index is -2.42. The smallest absolute Gasteiger partial charge is 0.263 e. The molecule has 1 aromatic carbocycles. The lowest BCUT2D eigenvalue weighted by molar-refractivity contribution is 0.151. The molecule has 1 saturated carbocycles. The van der Waals surface area contributed by atoms with Gasteiger partial charge in [0, 0.05) is 24.2 Å². The van der Waals surface area contributed by atoms with Crippen molar-refractivity contribution < 1.29 is 8.78 Å². The second kappa shape index (κ2) is 6.96. The van der Waals surface area contributed by atoms with Crippen LogP contribution < -0.4 is 11.1 Å². The summed E-state index contributed by atoms with van der Waals surface area (Å²) in [4.78, 5) is 0. The van der Waals surface area contributed by atoms with E-state index in [1.165, 1.54) is 25.3 Å². The molecule has 2 nitrogen and oxygen atoms in total. The van der Waals surface area contributed by atoms with Crippen LogP contribution in [-0.4, -0.2) is 12.6 Å². The number of hydrogen-bond acceptors (Lipinski definition) is 2. The van der Waals surface area contributed by atoms with Crippen molar-refractivity contribution in [2.45, 2.75) is 50.6 Å². The molecule has 1 aliphatic carbocycles. The Balaban J connectivity index is 2.05. The molecule has 0 heterocycles. The molecule has 2 rings (SSSR count). The van der Waals surface area contributed by atoms with Crippen molar-refractivity contribution in [1.29, 1.82) is 0 Å². The SMILES string of the molecule is NCC(NC1CCCCC1)c1cccc(C(F)F)c1. The van der Waals surface area contributed by atoms with Gasteiger partial charge >= 0.3 is 0 Å². The van der Waals surface area contributed by atoms with Crippen molar-refractivity contribution in [2.24, 2.45) is 5.73 Å². The van der Waals surface area contributed by atoms with Gasteiger partial charge in [-0.05, 0) is 24.5 Å². The Morgan fingerprint density at radius 1 is 1.16 bits per heavy atom. The van der Waals surface area contributed by atoms with Gasteiger partial charge in [-0.3, -0.25) is 0 Å². The van der Waals surface area contributed by atoms with Gasteiger partial charge in [0.15, 0.2) is 0 Å². The first-order valence-corrected chi connectivity index (χ1v) is 7.05. The Morgan fingerprint density at radius 3 is 2.47 bits per heavy atom. The van der Waals surface area contributed by atoms with Crippen LogP contribution in [0.1, 0.15) is 55.7 Å². The number of nitrogens with two attached hydrogens (primary N) is 1. The first kappa shape index (κ1) is 14.4. The molecule has 0 bridgehead atoms. The highest BCUT2D eigenvalue weighted by molar-refractivity contribution is 5.27. The van der Waals surface area contributed by atoms with Gasteiger partial charge in [0.2, 0.25) is 0 Å². The van der Waals surface area contributed by atoms with Crippen molar-refractivity contribution in [3.63, 3.8) is 0 Å². The third-order valence-electron chi connectivity index (χ3n) is 3.84. The molecule has 1 aliphatic rings. The van der Waals surface area contributed by atoms with E-state index in [1.807, 2.05) is 6.07 Å². The fourth-order valence-electron chi connectivity index (χ4n) is 2.77. The highest BCUT2D eigenvalue weighted by Crippen LogP contribution is 2.24. The Morgan fingerprint density at radius 2 is 1.84 bits per heavy atom. The molecule has 3 N–H and O–H groups in total. The third kappa shape index (κ3) is 3.98. The second-order valence-electron chi connectivity index (χ2n) is 5.26. The zero-order valence-electron chi connectivity index (χ0n) is 11.1. The number of hydrogen-bond donors (Lipinski definition) is 2. The van der Waals surface area contributed by atoms with Gasteiger partial charge in [-0.1, -0.05) is 37.5 Å². The van der Waals surface area contributed by atoms with E-state index in [9.17, 15) is 8.78 Å². The quantitative estimate of drug-likeness (QED) is 0.857. The number of halogens is 2. The fourth-order valence-corrected chi connectivity index (χ4v) is 2.77. The van der Waals surface area contributed by atoms with Crippen LogP contribution in [0.4, 0.5) is 8.78 Å². The number of alkyl halides is 2. The van der Waals surface area contributed by atoms with Crippen LogP contribution in [-0.2, 0) is 0 Å². The summed E-state index contributed by atoms with van der Waals surface area (Å²) in [5.74, 6) is 0. The summed E-state index contributed by atoms with van der Waals surface area (Å²) in [7, 11) is 0. The molecule has 19 heavy (non-hydrogen) atoms. The summed E-state index contributed by atoms with van der Waals surface area (Å²) < 4.78 is 25.4. The molecular weight excluding hydrogens is 246 g/mol. The summed E-state index contributed by atoms with van der Waals surface area (Å²) >= 11 is 0.